The molecule has 0 unspecified atom stereocenters. The number of nitrogens with zero attached hydrogens (tertiary/aromatic N) is 2. The molecule has 2 heterocycles. The highest BCUT2D eigenvalue weighted by atomic mass is 79.9. The summed E-state index contributed by atoms with van der Waals surface area (Å²) in [6.45, 7) is 4.22. The summed E-state index contributed by atoms with van der Waals surface area (Å²) in [6.07, 6.45) is 2.75. The number of rotatable bonds is 4. The summed E-state index contributed by atoms with van der Waals surface area (Å²) >= 11 is 5.09. The Bertz CT molecular complexity index is 670. The Labute approximate surface area is 131 Å². The smallest absolute Gasteiger partial charge is 0.142 e. The molecule has 0 aliphatic rings. The topological polar surface area (TPSA) is 62.7 Å². The molecule has 2 aromatic rings. The molecule has 0 spiro atoms. The zero-order valence-electron chi connectivity index (χ0n) is 11.5. The van der Waals surface area contributed by atoms with E-state index in [0.29, 0.717) is 11.4 Å². The van der Waals surface area contributed by atoms with E-state index in [9.17, 15) is 5.26 Å². The number of aryl methyl sites for hydroxylation is 1. The zero-order chi connectivity index (χ0) is 14.7. The van der Waals surface area contributed by atoms with Crippen molar-refractivity contribution in [3.63, 3.8) is 0 Å². The van der Waals surface area contributed by atoms with Gasteiger partial charge in [0.25, 0.3) is 0 Å². The van der Waals surface area contributed by atoms with Crippen molar-refractivity contribution in [1.29, 1.82) is 5.26 Å². The second-order valence-electron chi connectivity index (χ2n) is 4.52. The van der Waals surface area contributed by atoms with E-state index < -0.39 is 0 Å². The molecule has 20 heavy (non-hydrogen) atoms. The molecule has 0 radical (unpaired) electrons. The maximum absolute atomic E-state index is 9.43. The molecule has 0 saturated carbocycles. The second-order valence-corrected chi connectivity index (χ2v) is 6.34. The van der Waals surface area contributed by atoms with Crippen molar-refractivity contribution in [3.05, 3.63) is 32.7 Å². The first-order valence-corrected chi connectivity index (χ1v) is 8.25. The van der Waals surface area contributed by atoms with Gasteiger partial charge in [-0.15, -0.1) is 11.3 Å². The molecule has 0 aromatic carbocycles. The van der Waals surface area contributed by atoms with Crippen LogP contribution in [-0.2, 0) is 12.8 Å². The first kappa shape index (κ1) is 15.0. The Morgan fingerprint density at radius 2 is 2.20 bits per heavy atom. The monoisotopic (exact) mass is 349 g/mol. The lowest BCUT2D eigenvalue weighted by Crippen LogP contribution is -2.07. The van der Waals surface area contributed by atoms with Crippen LogP contribution in [0.25, 0.3) is 10.4 Å². The lowest BCUT2D eigenvalue weighted by molar-refractivity contribution is 0.860. The average molecular weight is 350 g/mol. The van der Waals surface area contributed by atoms with Crippen molar-refractivity contribution in [2.75, 3.05) is 5.73 Å². The fourth-order valence-electron chi connectivity index (χ4n) is 2.35. The summed E-state index contributed by atoms with van der Waals surface area (Å²) in [5, 5.41) is 11.5. The van der Waals surface area contributed by atoms with Crippen LogP contribution in [0.3, 0.4) is 0 Å². The van der Waals surface area contributed by atoms with Gasteiger partial charge in [0.15, 0.2) is 0 Å². The third-order valence-corrected chi connectivity index (χ3v) is 4.89. The van der Waals surface area contributed by atoms with Crippen LogP contribution in [-0.4, -0.2) is 4.98 Å². The van der Waals surface area contributed by atoms with Gasteiger partial charge in [-0.1, -0.05) is 20.3 Å². The summed E-state index contributed by atoms with van der Waals surface area (Å²) in [5.41, 5.74) is 9.61. The maximum Gasteiger partial charge on any atom is 0.142 e. The first-order chi connectivity index (χ1) is 9.62. The Kier molecular flexibility index (Phi) is 4.79. The maximum atomic E-state index is 9.43. The molecule has 2 rings (SSSR count). The number of thiophene rings is 1. The van der Waals surface area contributed by atoms with E-state index in [2.05, 4.69) is 40.8 Å². The van der Waals surface area contributed by atoms with Crippen LogP contribution in [0.4, 0.5) is 5.82 Å². The molecule has 0 saturated heterocycles. The molecule has 0 bridgehead atoms. The van der Waals surface area contributed by atoms with E-state index in [0.717, 1.165) is 45.4 Å². The quantitative estimate of drug-likeness (QED) is 0.880. The minimum Gasteiger partial charge on any atom is -0.383 e. The van der Waals surface area contributed by atoms with Crippen LogP contribution < -0.4 is 5.73 Å². The van der Waals surface area contributed by atoms with Gasteiger partial charge in [0.1, 0.15) is 17.5 Å². The van der Waals surface area contributed by atoms with Crippen molar-refractivity contribution in [2.45, 2.75) is 33.1 Å². The van der Waals surface area contributed by atoms with Gasteiger partial charge >= 0.3 is 0 Å². The lowest BCUT2D eigenvalue weighted by Gasteiger charge is -2.15. The van der Waals surface area contributed by atoms with Crippen molar-refractivity contribution >= 4 is 33.1 Å². The van der Waals surface area contributed by atoms with Crippen molar-refractivity contribution in [1.82, 2.24) is 4.98 Å². The van der Waals surface area contributed by atoms with Crippen LogP contribution in [0.5, 0.6) is 0 Å². The fourth-order valence-corrected chi connectivity index (χ4v) is 3.85. The van der Waals surface area contributed by atoms with Gasteiger partial charge in [0.05, 0.1) is 0 Å². The molecule has 2 N–H and O–H groups in total. The normalized spacial score (nSPS) is 10.5. The van der Waals surface area contributed by atoms with Crippen molar-refractivity contribution in [2.24, 2.45) is 0 Å². The lowest BCUT2D eigenvalue weighted by atomic mass is 9.95. The summed E-state index contributed by atoms with van der Waals surface area (Å²) < 4.78 is 1.02. The molecule has 0 fully saturated rings. The highest BCUT2D eigenvalue weighted by molar-refractivity contribution is 9.10. The van der Waals surface area contributed by atoms with Crippen LogP contribution in [0.2, 0.25) is 0 Å². The SMILES string of the molecule is CCCc1nc(N)c(C#N)c(-c2cc(Br)cs2)c1CC. The Hall–Kier alpha value is -1.38. The number of hydrogen-bond donors (Lipinski definition) is 1. The molecule has 104 valence electrons. The van der Waals surface area contributed by atoms with Crippen LogP contribution in [0, 0.1) is 11.3 Å². The summed E-state index contributed by atoms with van der Waals surface area (Å²) in [4.78, 5) is 5.51. The third-order valence-electron chi connectivity index (χ3n) is 3.18. The summed E-state index contributed by atoms with van der Waals surface area (Å²) in [6, 6.07) is 4.26. The molecule has 0 aliphatic carbocycles. The van der Waals surface area contributed by atoms with Gasteiger partial charge in [-0.3, -0.25) is 0 Å². The Balaban J connectivity index is 2.77. The minimum atomic E-state index is 0.340. The molecule has 0 amide bonds. The van der Waals surface area contributed by atoms with Gasteiger partial charge in [-0.2, -0.15) is 5.26 Å². The molecule has 0 atom stereocenters. The average Bonchev–Trinajstić information content (AvgIpc) is 2.85. The van der Waals surface area contributed by atoms with Gasteiger partial charge in [-0.05, 0) is 40.4 Å². The Morgan fingerprint density at radius 3 is 2.70 bits per heavy atom. The first-order valence-electron chi connectivity index (χ1n) is 6.58. The number of anilines is 1. The van der Waals surface area contributed by atoms with E-state index in [1.165, 1.54) is 0 Å². The van der Waals surface area contributed by atoms with Gasteiger partial charge in [-0.25, -0.2) is 4.98 Å². The molecular weight excluding hydrogens is 334 g/mol. The fraction of sp³-hybridized carbons (Fsp3) is 0.333. The zero-order valence-corrected chi connectivity index (χ0v) is 13.9. The van der Waals surface area contributed by atoms with Gasteiger partial charge in [0.2, 0.25) is 0 Å². The number of nitriles is 1. The molecule has 3 nitrogen and oxygen atoms in total. The van der Waals surface area contributed by atoms with Crippen molar-refractivity contribution in [3.8, 4) is 16.5 Å². The molecule has 5 heteroatoms. The number of aromatic nitrogens is 1. The highest BCUT2D eigenvalue weighted by Crippen LogP contribution is 2.37. The van der Waals surface area contributed by atoms with E-state index in [4.69, 9.17) is 5.73 Å². The van der Waals surface area contributed by atoms with Gasteiger partial charge in [0, 0.05) is 26.0 Å². The Morgan fingerprint density at radius 1 is 1.45 bits per heavy atom. The van der Waals surface area contributed by atoms with E-state index >= 15 is 0 Å². The standard InChI is InChI=1S/C15H16BrN3S/c1-3-5-12-10(4-2)14(11(7-17)15(18)19-12)13-6-9(16)8-20-13/h6,8H,3-5H2,1-2H3,(H2,18,19). The van der Waals surface area contributed by atoms with Crippen LogP contribution in [0.1, 0.15) is 37.1 Å². The summed E-state index contributed by atoms with van der Waals surface area (Å²) in [7, 11) is 0. The predicted octanol–water partition coefficient (Wildman–Crippen LogP) is 4.54. The summed E-state index contributed by atoms with van der Waals surface area (Å²) in [5.74, 6) is 0.340. The predicted molar refractivity (Wildman–Crippen MR) is 87.8 cm³/mol. The highest BCUT2D eigenvalue weighted by Gasteiger charge is 2.19. The number of nitrogen functional groups attached to an aromatic ring is 1. The van der Waals surface area contributed by atoms with Crippen LogP contribution >= 0.6 is 27.3 Å². The minimum absolute atomic E-state index is 0.340. The van der Waals surface area contributed by atoms with E-state index in [1.54, 1.807) is 11.3 Å². The number of nitrogens with two attached hydrogens (primary N) is 1. The van der Waals surface area contributed by atoms with E-state index in [-0.39, 0.29) is 0 Å². The molecule has 2 aromatic heterocycles. The van der Waals surface area contributed by atoms with Gasteiger partial charge < -0.3 is 5.73 Å². The third kappa shape index (κ3) is 2.72. The second kappa shape index (κ2) is 6.38. The molecule has 0 aliphatic heterocycles. The number of pyridine rings is 1. The number of hydrogen-bond acceptors (Lipinski definition) is 4. The van der Waals surface area contributed by atoms with Crippen LogP contribution in [0.15, 0.2) is 15.9 Å². The van der Waals surface area contributed by atoms with Crippen molar-refractivity contribution < 1.29 is 0 Å². The molecular formula is C15H16BrN3S. The number of halogens is 1. The van der Waals surface area contributed by atoms with E-state index in [1.807, 2.05) is 11.4 Å². The largest absolute Gasteiger partial charge is 0.383 e.